The van der Waals surface area contributed by atoms with Gasteiger partial charge in [0.05, 0.1) is 0 Å². The zero-order valence-electron chi connectivity index (χ0n) is 8.53. The number of thiophene rings is 1. The zero-order valence-corrected chi connectivity index (χ0v) is 10.1. The number of halogens is 1. The smallest absolute Gasteiger partial charge is 0.0413 e. The van der Waals surface area contributed by atoms with Crippen molar-refractivity contribution in [2.24, 2.45) is 0 Å². The molecule has 0 aliphatic heterocycles. The van der Waals surface area contributed by atoms with Crippen LogP contribution in [0.5, 0.6) is 0 Å². The third kappa shape index (κ3) is 1.44. The summed E-state index contributed by atoms with van der Waals surface area (Å²) in [7, 11) is 0. The summed E-state index contributed by atoms with van der Waals surface area (Å²) in [6, 6.07) is 12.4. The molecule has 16 heavy (non-hydrogen) atoms. The van der Waals surface area contributed by atoms with E-state index in [4.69, 9.17) is 11.6 Å². The van der Waals surface area contributed by atoms with Crippen LogP contribution in [0.4, 0.5) is 0 Å². The van der Waals surface area contributed by atoms with Crippen molar-refractivity contribution in [3.8, 4) is 0 Å². The Morgan fingerprint density at radius 2 is 1.88 bits per heavy atom. The lowest BCUT2D eigenvalue weighted by Gasteiger charge is -1.94. The Morgan fingerprint density at radius 1 is 1.00 bits per heavy atom. The Hall–Kier alpha value is -1.31. The second kappa shape index (κ2) is 3.62. The van der Waals surface area contributed by atoms with Crippen LogP contribution in [0.2, 0.25) is 5.02 Å². The first-order valence-electron chi connectivity index (χ1n) is 5.02. The van der Waals surface area contributed by atoms with Crippen LogP contribution in [0.3, 0.4) is 0 Å². The number of benzene rings is 2. The van der Waals surface area contributed by atoms with E-state index >= 15 is 0 Å². The molecule has 2 aromatic carbocycles. The van der Waals surface area contributed by atoms with E-state index in [9.17, 15) is 0 Å². The van der Waals surface area contributed by atoms with Gasteiger partial charge in [-0.1, -0.05) is 36.4 Å². The van der Waals surface area contributed by atoms with E-state index < -0.39 is 0 Å². The summed E-state index contributed by atoms with van der Waals surface area (Å²) < 4.78 is 2.57. The number of rotatable bonds is 1. The van der Waals surface area contributed by atoms with Gasteiger partial charge in [-0.3, -0.25) is 0 Å². The molecule has 0 amide bonds. The van der Waals surface area contributed by atoms with Gasteiger partial charge in [0.25, 0.3) is 0 Å². The molecule has 3 aromatic rings. The molecule has 0 radical (unpaired) electrons. The Morgan fingerprint density at radius 3 is 2.69 bits per heavy atom. The Labute approximate surface area is 103 Å². The highest BCUT2D eigenvalue weighted by atomic mass is 35.5. The van der Waals surface area contributed by atoms with E-state index in [2.05, 4.69) is 30.8 Å². The minimum atomic E-state index is 0.792. The van der Waals surface area contributed by atoms with E-state index in [1.807, 2.05) is 18.2 Å². The predicted molar refractivity (Wildman–Crippen MR) is 74.4 cm³/mol. The minimum absolute atomic E-state index is 0.792. The van der Waals surface area contributed by atoms with E-state index in [0.29, 0.717) is 0 Å². The molecule has 0 aliphatic rings. The molecule has 1 heterocycles. The molecule has 2 heteroatoms. The SMILES string of the molecule is C=Cc1ccc2c(c1)sc1ccc(Cl)cc12. The minimum Gasteiger partial charge on any atom is -0.135 e. The summed E-state index contributed by atoms with van der Waals surface area (Å²) in [5.41, 5.74) is 1.16. The van der Waals surface area contributed by atoms with Gasteiger partial charge in [0.1, 0.15) is 0 Å². The molecule has 1 aromatic heterocycles. The summed E-state index contributed by atoms with van der Waals surface area (Å²) >= 11 is 7.82. The predicted octanol–water partition coefficient (Wildman–Crippen LogP) is 5.35. The molecule has 3 rings (SSSR count). The van der Waals surface area contributed by atoms with Crippen molar-refractivity contribution in [1.82, 2.24) is 0 Å². The van der Waals surface area contributed by atoms with Gasteiger partial charge in [-0.25, -0.2) is 0 Å². The average Bonchev–Trinajstić information content (AvgIpc) is 2.66. The molecule has 0 saturated heterocycles. The normalized spacial score (nSPS) is 11.1. The summed E-state index contributed by atoms with van der Waals surface area (Å²) in [5, 5.41) is 3.30. The molecule has 0 saturated carbocycles. The lowest BCUT2D eigenvalue weighted by molar-refractivity contribution is 1.78. The molecule has 0 atom stereocenters. The van der Waals surface area contributed by atoms with Crippen molar-refractivity contribution < 1.29 is 0 Å². The van der Waals surface area contributed by atoms with E-state index in [1.165, 1.54) is 20.2 Å². The number of fused-ring (bicyclic) bond motifs is 3. The van der Waals surface area contributed by atoms with Gasteiger partial charge < -0.3 is 0 Å². The van der Waals surface area contributed by atoms with Crippen LogP contribution in [0.15, 0.2) is 43.0 Å². The fourth-order valence-corrected chi connectivity index (χ4v) is 3.20. The third-order valence-electron chi connectivity index (χ3n) is 2.69. The molecule has 0 fully saturated rings. The Bertz CT molecular complexity index is 694. The van der Waals surface area contributed by atoms with Crippen LogP contribution < -0.4 is 0 Å². The number of hydrogen-bond donors (Lipinski definition) is 0. The molecule has 0 nitrogen and oxygen atoms in total. The molecule has 0 unspecified atom stereocenters. The van der Waals surface area contributed by atoms with Gasteiger partial charge in [-0.05, 0) is 29.8 Å². The lowest BCUT2D eigenvalue weighted by atomic mass is 10.1. The quantitative estimate of drug-likeness (QED) is 0.541. The summed E-state index contributed by atoms with van der Waals surface area (Å²) in [4.78, 5) is 0. The maximum Gasteiger partial charge on any atom is 0.0413 e. The van der Waals surface area contributed by atoms with Gasteiger partial charge in [0.15, 0.2) is 0 Å². The Kier molecular flexibility index (Phi) is 2.23. The van der Waals surface area contributed by atoms with Crippen LogP contribution in [-0.2, 0) is 0 Å². The first-order valence-corrected chi connectivity index (χ1v) is 6.21. The van der Waals surface area contributed by atoms with Crippen LogP contribution in [0.1, 0.15) is 5.56 Å². The van der Waals surface area contributed by atoms with Crippen LogP contribution in [0, 0.1) is 0 Å². The highest BCUT2D eigenvalue weighted by molar-refractivity contribution is 7.25. The standard InChI is InChI=1S/C14H9ClS/c1-2-9-3-5-11-12-8-10(15)4-6-13(12)16-14(11)7-9/h2-8H,1H2. The van der Waals surface area contributed by atoms with Crippen LogP contribution in [0.25, 0.3) is 26.2 Å². The second-order valence-electron chi connectivity index (χ2n) is 3.70. The van der Waals surface area contributed by atoms with Gasteiger partial charge in [0.2, 0.25) is 0 Å². The van der Waals surface area contributed by atoms with E-state index in [-0.39, 0.29) is 0 Å². The van der Waals surface area contributed by atoms with Crippen molar-refractivity contribution in [2.45, 2.75) is 0 Å². The topological polar surface area (TPSA) is 0 Å². The van der Waals surface area contributed by atoms with Gasteiger partial charge in [-0.2, -0.15) is 0 Å². The largest absolute Gasteiger partial charge is 0.135 e. The maximum absolute atomic E-state index is 6.02. The third-order valence-corrected chi connectivity index (χ3v) is 4.06. The molecular weight excluding hydrogens is 236 g/mol. The highest BCUT2D eigenvalue weighted by Crippen LogP contribution is 2.35. The number of hydrogen-bond acceptors (Lipinski definition) is 1. The highest BCUT2D eigenvalue weighted by Gasteiger charge is 2.05. The second-order valence-corrected chi connectivity index (χ2v) is 5.22. The van der Waals surface area contributed by atoms with Gasteiger partial charge in [0, 0.05) is 25.2 Å². The molecular formula is C14H9ClS. The zero-order chi connectivity index (χ0) is 11.1. The van der Waals surface area contributed by atoms with Crippen molar-refractivity contribution in [3.63, 3.8) is 0 Å². The summed E-state index contributed by atoms with van der Waals surface area (Å²) in [5.74, 6) is 0. The molecule has 0 bridgehead atoms. The van der Waals surface area contributed by atoms with E-state index in [0.717, 1.165) is 10.6 Å². The first kappa shape index (κ1) is 9.88. The lowest BCUT2D eigenvalue weighted by Crippen LogP contribution is -1.70. The molecule has 0 aliphatic carbocycles. The van der Waals surface area contributed by atoms with E-state index in [1.54, 1.807) is 11.3 Å². The van der Waals surface area contributed by atoms with Crippen LogP contribution in [-0.4, -0.2) is 0 Å². The maximum atomic E-state index is 6.02. The first-order chi connectivity index (χ1) is 7.78. The fraction of sp³-hybridized carbons (Fsp3) is 0. The molecule has 0 N–H and O–H groups in total. The molecule has 0 spiro atoms. The Balaban J connectivity index is 2.46. The summed E-state index contributed by atoms with van der Waals surface area (Å²) in [6.07, 6.45) is 1.87. The average molecular weight is 245 g/mol. The molecule has 78 valence electrons. The van der Waals surface area contributed by atoms with Crippen molar-refractivity contribution in [1.29, 1.82) is 0 Å². The van der Waals surface area contributed by atoms with Gasteiger partial charge in [-0.15, -0.1) is 11.3 Å². The van der Waals surface area contributed by atoms with Crippen molar-refractivity contribution >= 4 is 49.2 Å². The van der Waals surface area contributed by atoms with Crippen LogP contribution >= 0.6 is 22.9 Å². The van der Waals surface area contributed by atoms with Gasteiger partial charge >= 0.3 is 0 Å². The van der Waals surface area contributed by atoms with Crippen molar-refractivity contribution in [3.05, 3.63) is 53.6 Å². The summed E-state index contributed by atoms with van der Waals surface area (Å²) in [6.45, 7) is 3.79. The fourth-order valence-electron chi connectivity index (χ4n) is 1.89. The monoisotopic (exact) mass is 244 g/mol. The van der Waals surface area contributed by atoms with Crippen molar-refractivity contribution in [2.75, 3.05) is 0 Å².